The Balaban J connectivity index is 2.22. The molecule has 0 bridgehead atoms. The molecule has 0 radical (unpaired) electrons. The van der Waals surface area contributed by atoms with Crippen LogP contribution in [0.2, 0.25) is 0 Å². The van der Waals surface area contributed by atoms with Crippen LogP contribution < -0.4 is 0 Å². The van der Waals surface area contributed by atoms with Gasteiger partial charge in [0.2, 0.25) is 0 Å². The lowest BCUT2D eigenvalue weighted by atomic mass is 9.80. The van der Waals surface area contributed by atoms with Gasteiger partial charge in [0.05, 0.1) is 5.38 Å². The number of hydrogen-bond acceptors (Lipinski definition) is 1. The predicted octanol–water partition coefficient (Wildman–Crippen LogP) is 4.74. The number of ketones is 1. The molecule has 0 N–H and O–H groups in total. The fourth-order valence-electron chi connectivity index (χ4n) is 3.44. The van der Waals surface area contributed by atoms with Crippen LogP contribution in [0.25, 0.3) is 0 Å². The van der Waals surface area contributed by atoms with Gasteiger partial charge in [0, 0.05) is 23.5 Å². The summed E-state index contributed by atoms with van der Waals surface area (Å²) >= 11 is 5.95. The highest BCUT2D eigenvalue weighted by Gasteiger charge is 2.24. The highest BCUT2D eigenvalue weighted by atomic mass is 35.5. The summed E-state index contributed by atoms with van der Waals surface area (Å²) in [5, 5.41) is -0.447. The van der Waals surface area contributed by atoms with Crippen LogP contribution in [-0.4, -0.2) is 15.7 Å². The molecule has 3 unspecified atom stereocenters. The molecule has 0 amide bonds. The topological polar surface area (TPSA) is 22.0 Å². The zero-order chi connectivity index (χ0) is 14.9. The molecule has 0 aromatic carbocycles. The largest absolute Gasteiger partial charge is 0.348 e. The molecule has 1 aromatic heterocycles. The summed E-state index contributed by atoms with van der Waals surface area (Å²) in [6.07, 6.45) is 5.37. The summed E-state index contributed by atoms with van der Waals surface area (Å²) in [5.41, 5.74) is 3.06. The summed E-state index contributed by atoms with van der Waals surface area (Å²) in [6.45, 7) is 9.30. The smallest absolute Gasteiger partial charge is 0.182 e. The number of carbonyl (C=O) groups is 1. The molecule has 0 saturated heterocycles. The molecule has 1 aliphatic rings. The molecule has 0 spiro atoms. The van der Waals surface area contributed by atoms with Gasteiger partial charge >= 0.3 is 0 Å². The van der Waals surface area contributed by atoms with Crippen LogP contribution in [0.15, 0.2) is 6.07 Å². The van der Waals surface area contributed by atoms with Gasteiger partial charge in [0.25, 0.3) is 0 Å². The Morgan fingerprint density at radius 3 is 2.65 bits per heavy atom. The lowest BCUT2D eigenvalue weighted by molar-refractivity contribution is 0.0991. The van der Waals surface area contributed by atoms with Crippen LogP contribution >= 0.6 is 11.6 Å². The van der Waals surface area contributed by atoms with Crippen molar-refractivity contribution in [1.29, 1.82) is 0 Å². The van der Waals surface area contributed by atoms with E-state index in [1.54, 1.807) is 6.92 Å². The molecule has 20 heavy (non-hydrogen) atoms. The zero-order valence-electron chi connectivity index (χ0n) is 13.1. The van der Waals surface area contributed by atoms with Gasteiger partial charge in [0.15, 0.2) is 5.78 Å². The highest BCUT2D eigenvalue weighted by molar-refractivity contribution is 6.33. The minimum atomic E-state index is -0.447. The van der Waals surface area contributed by atoms with Crippen molar-refractivity contribution in [3.63, 3.8) is 0 Å². The van der Waals surface area contributed by atoms with Gasteiger partial charge in [0.1, 0.15) is 0 Å². The molecule has 1 fully saturated rings. The number of aromatic nitrogens is 1. The average molecular weight is 296 g/mol. The maximum absolute atomic E-state index is 12.1. The first-order chi connectivity index (χ1) is 9.41. The highest BCUT2D eigenvalue weighted by Crippen LogP contribution is 2.32. The molecule has 1 heterocycles. The number of halogens is 1. The summed E-state index contributed by atoms with van der Waals surface area (Å²) < 4.78 is 2.32. The number of Topliss-reactive ketones (excluding diaryl/α,β-unsaturated/α-hetero) is 1. The molecule has 1 aliphatic carbocycles. The Bertz CT molecular complexity index is 489. The number of alkyl halides is 1. The van der Waals surface area contributed by atoms with Crippen molar-refractivity contribution in [2.45, 2.75) is 65.3 Å². The van der Waals surface area contributed by atoms with Crippen molar-refractivity contribution in [3.8, 4) is 0 Å². The monoisotopic (exact) mass is 295 g/mol. The van der Waals surface area contributed by atoms with Gasteiger partial charge in [-0.25, -0.2) is 0 Å². The predicted molar refractivity (Wildman–Crippen MR) is 84.7 cm³/mol. The van der Waals surface area contributed by atoms with Gasteiger partial charge < -0.3 is 4.57 Å². The van der Waals surface area contributed by atoms with E-state index in [4.69, 9.17) is 11.6 Å². The Kier molecular flexibility index (Phi) is 4.95. The van der Waals surface area contributed by atoms with Crippen LogP contribution in [0.5, 0.6) is 0 Å². The van der Waals surface area contributed by atoms with E-state index in [0.717, 1.165) is 29.6 Å². The van der Waals surface area contributed by atoms with Gasteiger partial charge in [-0.15, -0.1) is 11.6 Å². The summed E-state index contributed by atoms with van der Waals surface area (Å²) in [5.74, 6) is 1.57. The summed E-state index contributed by atoms with van der Waals surface area (Å²) in [7, 11) is 0. The number of aryl methyl sites for hydroxylation is 1. The molecule has 112 valence electrons. The first-order valence-electron chi connectivity index (χ1n) is 7.76. The number of rotatable bonds is 4. The van der Waals surface area contributed by atoms with E-state index in [1.807, 2.05) is 13.0 Å². The third-order valence-electron chi connectivity index (χ3n) is 4.91. The Labute approximate surface area is 127 Å². The Morgan fingerprint density at radius 1 is 1.40 bits per heavy atom. The number of carbonyl (C=O) groups excluding carboxylic acids is 1. The molecule has 3 atom stereocenters. The molecular weight excluding hydrogens is 270 g/mol. The second kappa shape index (κ2) is 6.34. The van der Waals surface area contributed by atoms with E-state index in [0.29, 0.717) is 0 Å². The van der Waals surface area contributed by atoms with Gasteiger partial charge in [-0.3, -0.25) is 4.79 Å². The molecule has 2 nitrogen and oxygen atoms in total. The Hall–Kier alpha value is -0.760. The summed E-state index contributed by atoms with van der Waals surface area (Å²) in [4.78, 5) is 12.1. The lowest BCUT2D eigenvalue weighted by Gasteiger charge is -2.30. The van der Waals surface area contributed by atoms with E-state index in [1.165, 1.54) is 31.4 Å². The van der Waals surface area contributed by atoms with Crippen molar-refractivity contribution in [2.75, 3.05) is 0 Å². The molecule has 0 aliphatic heterocycles. The lowest BCUT2D eigenvalue weighted by Crippen LogP contribution is -2.23. The third kappa shape index (κ3) is 3.11. The maximum atomic E-state index is 12.1. The van der Waals surface area contributed by atoms with Crippen molar-refractivity contribution >= 4 is 17.4 Å². The van der Waals surface area contributed by atoms with Gasteiger partial charge in [-0.05, 0) is 45.1 Å². The molecule has 1 aromatic rings. The first-order valence-corrected chi connectivity index (χ1v) is 8.20. The summed E-state index contributed by atoms with van der Waals surface area (Å²) in [6, 6.07) is 2.00. The molecule has 1 saturated carbocycles. The van der Waals surface area contributed by atoms with Crippen LogP contribution in [-0.2, 0) is 6.54 Å². The average Bonchev–Trinajstić information content (AvgIpc) is 2.68. The van der Waals surface area contributed by atoms with Crippen molar-refractivity contribution < 1.29 is 4.79 Å². The van der Waals surface area contributed by atoms with Gasteiger partial charge in [-0.1, -0.05) is 26.2 Å². The van der Waals surface area contributed by atoms with E-state index >= 15 is 0 Å². The van der Waals surface area contributed by atoms with Crippen LogP contribution in [0.4, 0.5) is 0 Å². The van der Waals surface area contributed by atoms with E-state index in [-0.39, 0.29) is 5.78 Å². The second-order valence-corrected chi connectivity index (χ2v) is 7.05. The SMILES string of the molecule is Cc1cc(C(=O)C(C)Cl)c(C)n1CC1CCCCC1C. The normalized spacial score (nSPS) is 24.6. The first kappa shape index (κ1) is 15.6. The third-order valence-corrected chi connectivity index (χ3v) is 5.10. The standard InChI is InChI=1S/C17H26ClNO/c1-11-7-5-6-8-15(11)10-19-12(2)9-16(14(19)4)17(20)13(3)18/h9,11,13,15H,5-8,10H2,1-4H3. The van der Waals surface area contributed by atoms with Crippen molar-refractivity contribution in [2.24, 2.45) is 11.8 Å². The van der Waals surface area contributed by atoms with Gasteiger partial charge in [-0.2, -0.15) is 0 Å². The van der Waals surface area contributed by atoms with Crippen LogP contribution in [0, 0.1) is 25.7 Å². The zero-order valence-corrected chi connectivity index (χ0v) is 13.8. The molecular formula is C17H26ClNO. The molecule has 3 heteroatoms. The minimum Gasteiger partial charge on any atom is -0.348 e. The van der Waals surface area contributed by atoms with E-state index < -0.39 is 5.38 Å². The molecule has 2 rings (SSSR count). The van der Waals surface area contributed by atoms with Crippen LogP contribution in [0.1, 0.15) is 61.3 Å². The number of hydrogen-bond donors (Lipinski definition) is 0. The quantitative estimate of drug-likeness (QED) is 0.581. The Morgan fingerprint density at radius 2 is 2.05 bits per heavy atom. The fraction of sp³-hybridized carbons (Fsp3) is 0.706. The van der Waals surface area contributed by atoms with E-state index in [2.05, 4.69) is 18.4 Å². The minimum absolute atomic E-state index is 0.0442. The second-order valence-electron chi connectivity index (χ2n) is 6.40. The number of nitrogens with zero attached hydrogens (tertiary/aromatic N) is 1. The van der Waals surface area contributed by atoms with Crippen molar-refractivity contribution in [3.05, 3.63) is 23.0 Å². The van der Waals surface area contributed by atoms with Crippen molar-refractivity contribution in [1.82, 2.24) is 4.57 Å². The van der Waals surface area contributed by atoms with Crippen LogP contribution in [0.3, 0.4) is 0 Å². The fourth-order valence-corrected chi connectivity index (χ4v) is 3.56. The maximum Gasteiger partial charge on any atom is 0.182 e. The van der Waals surface area contributed by atoms with E-state index in [9.17, 15) is 4.79 Å².